The van der Waals surface area contributed by atoms with Crippen LogP contribution < -0.4 is 20.5 Å². The van der Waals surface area contributed by atoms with Crippen LogP contribution >= 0.6 is 11.6 Å². The highest BCUT2D eigenvalue weighted by Gasteiger charge is 2.20. The predicted octanol–water partition coefficient (Wildman–Crippen LogP) is 3.79. The van der Waals surface area contributed by atoms with Crippen molar-refractivity contribution < 1.29 is 14.3 Å². The lowest BCUT2D eigenvalue weighted by atomic mass is 10.1. The van der Waals surface area contributed by atoms with Crippen molar-refractivity contribution in [2.24, 2.45) is 0 Å². The molecule has 4 rings (SSSR count). The van der Waals surface area contributed by atoms with Gasteiger partial charge in [0.15, 0.2) is 17.4 Å². The Morgan fingerprint density at radius 1 is 1.32 bits per heavy atom. The number of rotatable bonds is 8. The number of carbonyl (C=O) groups excluding carboxylic acids is 1. The van der Waals surface area contributed by atoms with E-state index in [1.165, 1.54) is 0 Å². The Labute approximate surface area is 202 Å². The molecule has 180 valence electrons. The number of Topliss-reactive ketones (excluding diaryl/α,β-unsaturated/α-hetero) is 1. The van der Waals surface area contributed by atoms with Crippen LogP contribution in [0.2, 0.25) is 5.02 Å². The molecule has 0 spiro atoms. The number of morpholine rings is 1. The molecule has 3 heterocycles. The van der Waals surface area contributed by atoms with Crippen LogP contribution in [0.5, 0.6) is 5.75 Å². The number of aryl methyl sites for hydroxylation is 1. The maximum Gasteiger partial charge on any atom is 0.293 e. The van der Waals surface area contributed by atoms with E-state index in [9.17, 15) is 9.59 Å². The van der Waals surface area contributed by atoms with E-state index >= 15 is 0 Å². The molecule has 10 heteroatoms. The number of fused-ring (bicyclic) bond motifs is 1. The number of hydrogen-bond donors (Lipinski definition) is 1. The second kappa shape index (κ2) is 10.4. The standard InChI is InChI=1S/C24H28ClN5O4/c1-4-18(31)14-34-21-11-16-10-17(6-7-20(16)30(5-2)23(21)32)27-22-19(25)12-26-24(28-22)29-8-9-33-15(3)13-29/h6-7,10-12,15H,4-5,8-9,13-14H2,1-3H3,(H,26,27,28)/t15-/m1/s1. The number of ether oxygens (including phenoxy) is 2. The summed E-state index contributed by atoms with van der Waals surface area (Å²) in [4.78, 5) is 35.6. The van der Waals surface area contributed by atoms with Crippen LogP contribution in [-0.4, -0.2) is 52.7 Å². The van der Waals surface area contributed by atoms with Crippen LogP contribution in [0.15, 0.2) is 35.3 Å². The van der Waals surface area contributed by atoms with Gasteiger partial charge in [0.25, 0.3) is 5.56 Å². The maximum absolute atomic E-state index is 12.8. The number of carbonyl (C=O) groups is 1. The Morgan fingerprint density at radius 3 is 2.88 bits per heavy atom. The van der Waals surface area contributed by atoms with Gasteiger partial charge in [0, 0.05) is 37.1 Å². The number of nitrogens with one attached hydrogen (secondary N) is 1. The van der Waals surface area contributed by atoms with E-state index in [4.69, 9.17) is 21.1 Å². The van der Waals surface area contributed by atoms with Gasteiger partial charge in [-0.15, -0.1) is 0 Å². The molecule has 1 aliphatic rings. The lowest BCUT2D eigenvalue weighted by molar-refractivity contribution is -0.120. The fourth-order valence-corrected chi connectivity index (χ4v) is 3.99. The third kappa shape index (κ3) is 5.15. The molecule has 3 aromatic rings. The molecule has 1 aromatic carbocycles. The average molecular weight is 486 g/mol. The zero-order chi connectivity index (χ0) is 24.2. The quantitative estimate of drug-likeness (QED) is 0.514. The molecule has 0 unspecified atom stereocenters. The molecular formula is C24H28ClN5O4. The highest BCUT2D eigenvalue weighted by Crippen LogP contribution is 2.28. The smallest absolute Gasteiger partial charge is 0.293 e. The van der Waals surface area contributed by atoms with Crippen LogP contribution in [0.1, 0.15) is 27.2 Å². The molecule has 1 atom stereocenters. The fourth-order valence-electron chi connectivity index (χ4n) is 3.85. The first-order chi connectivity index (χ1) is 16.4. The topological polar surface area (TPSA) is 98.6 Å². The number of hydrogen-bond acceptors (Lipinski definition) is 8. The van der Waals surface area contributed by atoms with Gasteiger partial charge >= 0.3 is 0 Å². The van der Waals surface area contributed by atoms with Crippen molar-refractivity contribution in [2.45, 2.75) is 39.8 Å². The number of anilines is 3. The van der Waals surface area contributed by atoms with E-state index in [2.05, 4.69) is 20.2 Å². The molecule has 2 aromatic heterocycles. The van der Waals surface area contributed by atoms with Crippen LogP contribution in [0, 0.1) is 0 Å². The van der Waals surface area contributed by atoms with Crippen molar-refractivity contribution in [3.8, 4) is 5.75 Å². The van der Waals surface area contributed by atoms with Crippen LogP contribution in [0.4, 0.5) is 17.5 Å². The maximum atomic E-state index is 12.8. The summed E-state index contributed by atoms with van der Waals surface area (Å²) in [5.74, 6) is 1.15. The van der Waals surface area contributed by atoms with Gasteiger partial charge in [-0.1, -0.05) is 18.5 Å². The Bertz CT molecular complexity index is 1260. The van der Waals surface area contributed by atoms with Crippen molar-refractivity contribution in [1.82, 2.24) is 14.5 Å². The molecule has 1 fully saturated rings. The van der Waals surface area contributed by atoms with E-state index in [1.807, 2.05) is 32.0 Å². The summed E-state index contributed by atoms with van der Waals surface area (Å²) >= 11 is 6.38. The van der Waals surface area contributed by atoms with Crippen molar-refractivity contribution >= 4 is 45.7 Å². The molecule has 34 heavy (non-hydrogen) atoms. The Morgan fingerprint density at radius 2 is 2.15 bits per heavy atom. The summed E-state index contributed by atoms with van der Waals surface area (Å²) in [5, 5.41) is 4.45. The normalized spacial score (nSPS) is 16.0. The van der Waals surface area contributed by atoms with Crippen LogP contribution in [0.3, 0.4) is 0 Å². The molecule has 0 amide bonds. The van der Waals surface area contributed by atoms with E-state index in [0.717, 1.165) is 16.6 Å². The van der Waals surface area contributed by atoms with Gasteiger partial charge < -0.3 is 24.3 Å². The number of pyridine rings is 1. The first-order valence-electron chi connectivity index (χ1n) is 11.4. The molecule has 9 nitrogen and oxygen atoms in total. The summed E-state index contributed by atoms with van der Waals surface area (Å²) < 4.78 is 12.8. The number of aromatic nitrogens is 3. The SMILES string of the molecule is CCC(=O)COc1cc2cc(Nc3nc(N4CCO[C@H](C)C4)ncc3Cl)ccc2n(CC)c1=O. The Kier molecular flexibility index (Phi) is 7.33. The third-order valence-electron chi connectivity index (χ3n) is 5.68. The third-order valence-corrected chi connectivity index (χ3v) is 5.95. The summed E-state index contributed by atoms with van der Waals surface area (Å²) in [6, 6.07) is 7.29. The minimum Gasteiger partial charge on any atom is -0.480 e. The molecule has 1 aliphatic heterocycles. The van der Waals surface area contributed by atoms with Gasteiger partial charge in [0.2, 0.25) is 5.95 Å². The zero-order valence-corrected chi connectivity index (χ0v) is 20.3. The van der Waals surface area contributed by atoms with Gasteiger partial charge in [0.1, 0.15) is 11.6 Å². The lowest BCUT2D eigenvalue weighted by Gasteiger charge is -2.31. The first-order valence-corrected chi connectivity index (χ1v) is 11.8. The Hall–Kier alpha value is -3.17. The summed E-state index contributed by atoms with van der Waals surface area (Å²) in [7, 11) is 0. The zero-order valence-electron chi connectivity index (χ0n) is 19.5. The van der Waals surface area contributed by atoms with Crippen molar-refractivity contribution in [1.29, 1.82) is 0 Å². The molecule has 0 saturated carbocycles. The molecular weight excluding hydrogens is 458 g/mol. The minimum atomic E-state index is -0.261. The average Bonchev–Trinajstić information content (AvgIpc) is 2.84. The Balaban J connectivity index is 1.65. The second-order valence-electron chi connectivity index (χ2n) is 8.13. The van der Waals surface area contributed by atoms with E-state index in [0.29, 0.717) is 49.5 Å². The summed E-state index contributed by atoms with van der Waals surface area (Å²) in [6.07, 6.45) is 2.04. The van der Waals surface area contributed by atoms with Crippen LogP contribution in [0.25, 0.3) is 10.9 Å². The van der Waals surface area contributed by atoms with E-state index < -0.39 is 0 Å². The van der Waals surface area contributed by atoms with Crippen molar-refractivity contribution in [3.05, 3.63) is 45.8 Å². The highest BCUT2D eigenvalue weighted by atomic mass is 35.5. The summed E-state index contributed by atoms with van der Waals surface area (Å²) in [5.41, 5.74) is 1.25. The van der Waals surface area contributed by atoms with Crippen LogP contribution in [-0.2, 0) is 16.1 Å². The predicted molar refractivity (Wildman–Crippen MR) is 133 cm³/mol. The number of nitrogens with zero attached hydrogens (tertiary/aromatic N) is 4. The monoisotopic (exact) mass is 485 g/mol. The molecule has 0 bridgehead atoms. The van der Waals surface area contributed by atoms with Gasteiger partial charge in [-0.25, -0.2) is 4.98 Å². The highest BCUT2D eigenvalue weighted by molar-refractivity contribution is 6.32. The number of benzene rings is 1. The number of ketones is 1. The van der Waals surface area contributed by atoms with Gasteiger partial charge in [-0.3, -0.25) is 9.59 Å². The molecule has 0 aliphatic carbocycles. The fraction of sp³-hybridized carbons (Fsp3) is 0.417. The minimum absolute atomic E-state index is 0.0677. The van der Waals surface area contributed by atoms with Gasteiger partial charge in [0.05, 0.1) is 24.4 Å². The van der Waals surface area contributed by atoms with E-state index in [-0.39, 0.29) is 29.8 Å². The first kappa shape index (κ1) is 24.0. The van der Waals surface area contributed by atoms with Crippen molar-refractivity contribution in [2.75, 3.05) is 36.5 Å². The largest absolute Gasteiger partial charge is 0.480 e. The lowest BCUT2D eigenvalue weighted by Crippen LogP contribution is -2.42. The number of halogens is 1. The van der Waals surface area contributed by atoms with Gasteiger partial charge in [-0.2, -0.15) is 4.98 Å². The second-order valence-corrected chi connectivity index (χ2v) is 8.54. The molecule has 1 N–H and O–H groups in total. The van der Waals surface area contributed by atoms with Crippen molar-refractivity contribution in [3.63, 3.8) is 0 Å². The summed E-state index contributed by atoms with van der Waals surface area (Å²) in [6.45, 7) is 8.04. The molecule has 0 radical (unpaired) electrons. The van der Waals surface area contributed by atoms with E-state index in [1.54, 1.807) is 23.8 Å². The molecule has 1 saturated heterocycles. The van der Waals surface area contributed by atoms with Gasteiger partial charge in [-0.05, 0) is 38.1 Å².